The van der Waals surface area contributed by atoms with Gasteiger partial charge in [0.1, 0.15) is 18.0 Å². The molecule has 0 spiro atoms. The lowest BCUT2D eigenvalue weighted by Crippen LogP contribution is -2.30. The molecule has 1 N–H and O–H groups in total. The van der Waals surface area contributed by atoms with Crippen molar-refractivity contribution in [1.82, 2.24) is 15.0 Å². The van der Waals surface area contributed by atoms with Crippen LogP contribution in [0.25, 0.3) is 10.2 Å². The summed E-state index contributed by atoms with van der Waals surface area (Å²) in [4.78, 5) is 32.0. The Labute approximate surface area is 218 Å². The van der Waals surface area contributed by atoms with Gasteiger partial charge in [-0.25, -0.2) is 10.4 Å². The number of benzene rings is 2. The van der Waals surface area contributed by atoms with E-state index in [0.717, 1.165) is 47.2 Å². The monoisotopic (exact) mass is 516 g/mol. The zero-order valence-electron chi connectivity index (χ0n) is 20.8. The van der Waals surface area contributed by atoms with Crippen LogP contribution < -0.4 is 20.5 Å². The van der Waals surface area contributed by atoms with Gasteiger partial charge in [-0.15, -0.1) is 11.3 Å². The van der Waals surface area contributed by atoms with Crippen LogP contribution >= 0.6 is 11.3 Å². The molecule has 0 bridgehead atoms. The molecule has 2 heterocycles. The summed E-state index contributed by atoms with van der Waals surface area (Å²) in [6.45, 7) is 2.32. The van der Waals surface area contributed by atoms with E-state index in [4.69, 9.17) is 9.47 Å². The second kappa shape index (κ2) is 11.0. The van der Waals surface area contributed by atoms with E-state index < -0.39 is 5.91 Å². The normalized spacial score (nSPS) is 13.0. The van der Waals surface area contributed by atoms with Crippen LogP contribution in [0.5, 0.6) is 11.5 Å². The Morgan fingerprint density at radius 3 is 2.78 bits per heavy atom. The van der Waals surface area contributed by atoms with Crippen molar-refractivity contribution in [2.24, 2.45) is 5.10 Å². The van der Waals surface area contributed by atoms with Gasteiger partial charge in [0.15, 0.2) is 11.5 Å². The number of carbonyl (C=O) groups excluding carboxylic acids is 1. The lowest BCUT2D eigenvalue weighted by Gasteiger charge is -2.11. The summed E-state index contributed by atoms with van der Waals surface area (Å²) in [7, 11) is 1.57. The Bertz CT molecular complexity index is 1520. The van der Waals surface area contributed by atoms with E-state index >= 15 is 0 Å². The molecule has 5 rings (SSSR count). The molecule has 190 valence electrons. The predicted molar refractivity (Wildman–Crippen MR) is 145 cm³/mol. The molecule has 0 atom stereocenters. The van der Waals surface area contributed by atoms with E-state index in [-0.39, 0.29) is 12.1 Å². The predicted octanol–water partition coefficient (Wildman–Crippen LogP) is 4.38. The summed E-state index contributed by atoms with van der Waals surface area (Å²) in [6.07, 6.45) is 7.07. The second-order valence-corrected chi connectivity index (χ2v) is 10.1. The first kappa shape index (κ1) is 24.7. The first-order valence-corrected chi connectivity index (χ1v) is 13.0. The molecule has 8 nitrogen and oxygen atoms in total. The Balaban J connectivity index is 1.21. The number of carbonyl (C=O) groups is 1. The van der Waals surface area contributed by atoms with E-state index in [1.807, 2.05) is 37.3 Å². The van der Waals surface area contributed by atoms with Gasteiger partial charge >= 0.3 is 0 Å². The van der Waals surface area contributed by atoms with Gasteiger partial charge in [-0.1, -0.05) is 29.8 Å². The maximum Gasteiger partial charge on any atom is 0.262 e. The van der Waals surface area contributed by atoms with Crippen molar-refractivity contribution in [2.45, 2.75) is 45.8 Å². The van der Waals surface area contributed by atoms with Gasteiger partial charge in [-0.05, 0) is 67.5 Å². The van der Waals surface area contributed by atoms with Gasteiger partial charge in [-0.3, -0.25) is 14.2 Å². The topological polar surface area (TPSA) is 94.8 Å². The molecule has 0 fully saturated rings. The van der Waals surface area contributed by atoms with E-state index in [0.29, 0.717) is 23.5 Å². The van der Waals surface area contributed by atoms with Crippen molar-refractivity contribution >= 4 is 33.7 Å². The average molecular weight is 517 g/mol. The number of nitrogens with one attached hydrogen (secondary N) is 1. The van der Waals surface area contributed by atoms with E-state index in [1.165, 1.54) is 27.5 Å². The number of hydrogen-bond donors (Lipinski definition) is 1. The number of methoxy groups -OCH3 is 1. The van der Waals surface area contributed by atoms with Crippen LogP contribution in [0.2, 0.25) is 0 Å². The summed E-state index contributed by atoms with van der Waals surface area (Å²) < 4.78 is 12.7. The maximum atomic E-state index is 13.0. The highest BCUT2D eigenvalue weighted by atomic mass is 32.1. The molecule has 9 heteroatoms. The molecule has 4 aromatic rings. The van der Waals surface area contributed by atoms with Crippen LogP contribution in [0, 0.1) is 6.92 Å². The van der Waals surface area contributed by atoms with Gasteiger partial charge < -0.3 is 9.47 Å². The first-order chi connectivity index (χ1) is 18.0. The van der Waals surface area contributed by atoms with Gasteiger partial charge in [-0.2, -0.15) is 5.10 Å². The van der Waals surface area contributed by atoms with Gasteiger partial charge in [0.2, 0.25) is 0 Å². The summed E-state index contributed by atoms with van der Waals surface area (Å²) in [5.74, 6) is 0.767. The molecule has 1 aliphatic rings. The highest BCUT2D eigenvalue weighted by Gasteiger charge is 2.20. The minimum Gasteiger partial charge on any atom is -0.493 e. The zero-order valence-corrected chi connectivity index (χ0v) is 21.6. The Morgan fingerprint density at radius 2 is 1.97 bits per heavy atom. The number of aryl methyl sites for hydroxylation is 3. The van der Waals surface area contributed by atoms with E-state index in [2.05, 4.69) is 15.5 Å². The standard InChI is InChI=1S/C28H28N4O4S/c1-18-7-9-19(10-8-18)16-36-22-12-11-20(13-23(22)35-2)14-30-31-25(33)15-32-17-29-27-26(28(32)34)21-5-3-4-6-24(21)37-27/h7-14,17H,3-6,15-16H2,1-2H3,(H,31,33)/b30-14+. The van der Waals surface area contributed by atoms with Crippen LogP contribution in [-0.4, -0.2) is 28.8 Å². The number of aromatic nitrogens is 2. The van der Waals surface area contributed by atoms with Crippen LogP contribution in [0.3, 0.4) is 0 Å². The van der Waals surface area contributed by atoms with Crippen molar-refractivity contribution in [3.63, 3.8) is 0 Å². The molecule has 0 radical (unpaired) electrons. The highest BCUT2D eigenvalue weighted by molar-refractivity contribution is 7.18. The number of fused-ring (bicyclic) bond motifs is 3. The summed E-state index contributed by atoms with van der Waals surface area (Å²) in [6, 6.07) is 13.6. The Morgan fingerprint density at radius 1 is 1.16 bits per heavy atom. The maximum absolute atomic E-state index is 13.0. The zero-order chi connectivity index (χ0) is 25.8. The molecule has 2 aromatic carbocycles. The molecule has 0 saturated carbocycles. The number of hydrazone groups is 1. The lowest BCUT2D eigenvalue weighted by atomic mass is 9.97. The molecular formula is C28H28N4O4S. The van der Waals surface area contributed by atoms with E-state index in [9.17, 15) is 9.59 Å². The van der Waals surface area contributed by atoms with E-state index in [1.54, 1.807) is 30.6 Å². The van der Waals surface area contributed by atoms with Crippen molar-refractivity contribution < 1.29 is 14.3 Å². The smallest absolute Gasteiger partial charge is 0.262 e. The molecule has 1 amide bonds. The van der Waals surface area contributed by atoms with Crippen molar-refractivity contribution in [3.8, 4) is 11.5 Å². The number of hydrogen-bond acceptors (Lipinski definition) is 7. The number of amides is 1. The largest absolute Gasteiger partial charge is 0.493 e. The van der Waals surface area contributed by atoms with Gasteiger partial charge in [0, 0.05) is 4.88 Å². The Hall–Kier alpha value is -3.98. The Kier molecular flexibility index (Phi) is 7.32. The molecule has 0 aliphatic heterocycles. The molecule has 2 aromatic heterocycles. The molecule has 37 heavy (non-hydrogen) atoms. The molecule has 0 saturated heterocycles. The minimum absolute atomic E-state index is 0.154. The summed E-state index contributed by atoms with van der Waals surface area (Å²) >= 11 is 1.59. The van der Waals surface area contributed by atoms with Crippen LogP contribution in [-0.2, 0) is 30.8 Å². The minimum atomic E-state index is -0.409. The summed E-state index contributed by atoms with van der Waals surface area (Å²) in [5.41, 5.74) is 6.41. The number of thiophene rings is 1. The summed E-state index contributed by atoms with van der Waals surface area (Å²) in [5, 5.41) is 4.70. The quantitative estimate of drug-likeness (QED) is 0.277. The van der Waals surface area contributed by atoms with Gasteiger partial charge in [0.25, 0.3) is 11.5 Å². The highest BCUT2D eigenvalue weighted by Crippen LogP contribution is 2.33. The van der Waals surface area contributed by atoms with Crippen molar-refractivity contribution in [2.75, 3.05) is 7.11 Å². The van der Waals surface area contributed by atoms with Crippen molar-refractivity contribution in [3.05, 3.63) is 86.3 Å². The van der Waals surface area contributed by atoms with Crippen LogP contribution in [0.4, 0.5) is 0 Å². The third kappa shape index (κ3) is 5.56. The van der Waals surface area contributed by atoms with Crippen LogP contribution in [0.1, 0.15) is 40.0 Å². The fourth-order valence-corrected chi connectivity index (χ4v) is 5.61. The number of ether oxygens (including phenoxy) is 2. The third-order valence-corrected chi connectivity index (χ3v) is 7.56. The molecule has 0 unspecified atom stereocenters. The average Bonchev–Trinajstić information content (AvgIpc) is 3.29. The SMILES string of the molecule is COc1cc(/C=N/NC(=O)Cn2cnc3sc4c(c3c2=O)CCCC4)ccc1OCc1ccc(C)cc1. The van der Waals surface area contributed by atoms with Gasteiger partial charge in [0.05, 0.1) is 25.0 Å². The molecular weight excluding hydrogens is 488 g/mol. The third-order valence-electron chi connectivity index (χ3n) is 6.36. The van der Waals surface area contributed by atoms with Crippen molar-refractivity contribution in [1.29, 1.82) is 0 Å². The van der Waals surface area contributed by atoms with Crippen LogP contribution in [0.15, 0.2) is 58.7 Å². The lowest BCUT2D eigenvalue weighted by molar-refractivity contribution is -0.121. The fourth-order valence-electron chi connectivity index (χ4n) is 4.39. The number of nitrogens with zero attached hydrogens (tertiary/aromatic N) is 3. The molecule has 1 aliphatic carbocycles. The first-order valence-electron chi connectivity index (χ1n) is 12.2. The number of rotatable bonds is 8. The second-order valence-electron chi connectivity index (χ2n) is 9.05. The fraction of sp³-hybridized carbons (Fsp3) is 0.286.